The van der Waals surface area contributed by atoms with Crippen LogP contribution in [0.1, 0.15) is 25.7 Å². The molecule has 1 unspecified atom stereocenters. The Balaban J connectivity index is 1.72. The zero-order valence-corrected chi connectivity index (χ0v) is 12.9. The molecule has 2 amide bonds. The molecular formula is C16H22N2O5. The zero-order chi connectivity index (χ0) is 16.5. The van der Waals surface area contributed by atoms with Gasteiger partial charge in [-0.2, -0.15) is 0 Å². The number of amides is 2. The van der Waals surface area contributed by atoms with Crippen molar-refractivity contribution in [2.45, 2.75) is 31.8 Å². The highest BCUT2D eigenvalue weighted by atomic mass is 16.5. The molecule has 3 N–H and O–H groups in total. The van der Waals surface area contributed by atoms with Crippen molar-refractivity contribution in [3.63, 3.8) is 0 Å². The van der Waals surface area contributed by atoms with Crippen LogP contribution in [-0.4, -0.2) is 43.0 Å². The van der Waals surface area contributed by atoms with Crippen molar-refractivity contribution >= 4 is 17.7 Å². The van der Waals surface area contributed by atoms with Gasteiger partial charge in [-0.05, 0) is 31.4 Å². The van der Waals surface area contributed by atoms with Crippen molar-refractivity contribution in [2.24, 2.45) is 0 Å². The van der Waals surface area contributed by atoms with Gasteiger partial charge < -0.3 is 25.2 Å². The Labute approximate surface area is 135 Å². The van der Waals surface area contributed by atoms with Crippen molar-refractivity contribution in [2.75, 3.05) is 25.1 Å². The molecule has 23 heavy (non-hydrogen) atoms. The standard InChI is InChI=1S/C16H22N2O5/c19-15(20)7-2-8-17-16(21)18-12-4-1-5-13(10-12)23-11-14-6-3-9-22-14/h1,4-5,10,14H,2-3,6-9,11H2,(H,19,20)(H2,17,18,21). The van der Waals surface area contributed by atoms with Gasteiger partial charge in [0.15, 0.2) is 0 Å². The fraction of sp³-hybridized carbons (Fsp3) is 0.500. The van der Waals surface area contributed by atoms with Crippen molar-refractivity contribution in [1.29, 1.82) is 0 Å². The first-order valence-electron chi connectivity index (χ1n) is 7.74. The number of urea groups is 1. The maximum atomic E-state index is 11.7. The van der Waals surface area contributed by atoms with Crippen LogP contribution in [0.4, 0.5) is 10.5 Å². The summed E-state index contributed by atoms with van der Waals surface area (Å²) in [6.07, 6.45) is 2.65. The monoisotopic (exact) mass is 322 g/mol. The van der Waals surface area contributed by atoms with Gasteiger partial charge in [-0.15, -0.1) is 0 Å². The second kappa shape index (κ2) is 8.99. The van der Waals surface area contributed by atoms with Gasteiger partial charge in [0, 0.05) is 31.3 Å². The molecule has 1 aliphatic rings. The molecule has 0 radical (unpaired) electrons. The first-order valence-corrected chi connectivity index (χ1v) is 7.74. The van der Waals surface area contributed by atoms with Crippen LogP contribution in [-0.2, 0) is 9.53 Å². The molecule has 1 aliphatic heterocycles. The fourth-order valence-corrected chi connectivity index (χ4v) is 2.25. The minimum Gasteiger partial charge on any atom is -0.491 e. The van der Waals surface area contributed by atoms with Crippen molar-refractivity contribution < 1.29 is 24.2 Å². The number of ether oxygens (including phenoxy) is 2. The van der Waals surface area contributed by atoms with Gasteiger partial charge in [-0.1, -0.05) is 6.07 Å². The van der Waals surface area contributed by atoms with E-state index in [0.717, 1.165) is 19.4 Å². The predicted octanol–water partition coefficient (Wildman–Crippen LogP) is 2.23. The second-order valence-electron chi connectivity index (χ2n) is 5.35. The minimum absolute atomic E-state index is 0.0346. The van der Waals surface area contributed by atoms with E-state index in [4.69, 9.17) is 14.6 Å². The van der Waals surface area contributed by atoms with Crippen LogP contribution in [0.15, 0.2) is 24.3 Å². The molecule has 2 rings (SSSR count). The van der Waals surface area contributed by atoms with Gasteiger partial charge >= 0.3 is 12.0 Å². The molecule has 126 valence electrons. The van der Waals surface area contributed by atoms with E-state index in [1.807, 2.05) is 6.07 Å². The predicted molar refractivity (Wildman–Crippen MR) is 84.8 cm³/mol. The molecule has 7 nitrogen and oxygen atoms in total. The van der Waals surface area contributed by atoms with E-state index in [-0.39, 0.29) is 18.6 Å². The normalized spacial score (nSPS) is 16.8. The smallest absolute Gasteiger partial charge is 0.319 e. The fourth-order valence-electron chi connectivity index (χ4n) is 2.25. The maximum Gasteiger partial charge on any atom is 0.319 e. The summed E-state index contributed by atoms with van der Waals surface area (Å²) in [5.41, 5.74) is 0.616. The number of hydrogen-bond donors (Lipinski definition) is 3. The Kier molecular flexibility index (Phi) is 6.68. The van der Waals surface area contributed by atoms with Gasteiger partial charge in [0.25, 0.3) is 0 Å². The minimum atomic E-state index is -0.872. The Hall–Kier alpha value is -2.28. The number of aliphatic carboxylic acids is 1. The van der Waals surface area contributed by atoms with Crippen LogP contribution < -0.4 is 15.4 Å². The lowest BCUT2D eigenvalue weighted by Gasteiger charge is -2.13. The lowest BCUT2D eigenvalue weighted by Crippen LogP contribution is -2.29. The number of rotatable bonds is 8. The summed E-state index contributed by atoms with van der Waals surface area (Å²) in [5, 5.41) is 13.8. The molecule has 1 saturated heterocycles. The average molecular weight is 322 g/mol. The quantitative estimate of drug-likeness (QED) is 0.638. The SMILES string of the molecule is O=C(O)CCCNC(=O)Nc1cccc(OCC2CCCO2)c1. The van der Waals surface area contributed by atoms with Crippen LogP contribution in [0.25, 0.3) is 0 Å². The zero-order valence-electron chi connectivity index (χ0n) is 12.9. The Morgan fingerprint density at radius 1 is 1.39 bits per heavy atom. The topological polar surface area (TPSA) is 96.9 Å². The van der Waals surface area contributed by atoms with Gasteiger partial charge in [0.05, 0.1) is 6.10 Å². The Morgan fingerprint density at radius 3 is 3.00 bits per heavy atom. The van der Waals surface area contributed by atoms with Gasteiger partial charge in [0.1, 0.15) is 12.4 Å². The van der Waals surface area contributed by atoms with Crippen molar-refractivity contribution in [3.05, 3.63) is 24.3 Å². The molecular weight excluding hydrogens is 300 g/mol. The molecule has 0 aromatic heterocycles. The largest absolute Gasteiger partial charge is 0.491 e. The van der Waals surface area contributed by atoms with E-state index in [2.05, 4.69) is 10.6 Å². The Bertz CT molecular complexity index is 529. The number of benzene rings is 1. The van der Waals surface area contributed by atoms with Gasteiger partial charge in [-0.3, -0.25) is 4.79 Å². The van der Waals surface area contributed by atoms with E-state index >= 15 is 0 Å². The first kappa shape index (κ1) is 17.1. The lowest BCUT2D eigenvalue weighted by molar-refractivity contribution is -0.137. The number of nitrogens with one attached hydrogen (secondary N) is 2. The molecule has 1 fully saturated rings. The molecule has 0 spiro atoms. The van der Waals surface area contributed by atoms with Gasteiger partial charge in [0.2, 0.25) is 0 Å². The van der Waals surface area contributed by atoms with E-state index in [1.165, 1.54) is 0 Å². The first-order chi connectivity index (χ1) is 11.1. The molecule has 0 aliphatic carbocycles. The highest BCUT2D eigenvalue weighted by Crippen LogP contribution is 2.19. The highest BCUT2D eigenvalue weighted by Gasteiger charge is 2.16. The molecule has 0 saturated carbocycles. The molecule has 1 atom stereocenters. The summed E-state index contributed by atoms with van der Waals surface area (Å²) in [6.45, 7) is 1.61. The number of carboxylic acid groups (broad SMARTS) is 1. The average Bonchev–Trinajstić information content (AvgIpc) is 3.03. The number of carbonyl (C=O) groups is 2. The molecule has 0 bridgehead atoms. The molecule has 1 heterocycles. The second-order valence-corrected chi connectivity index (χ2v) is 5.35. The van der Waals surface area contributed by atoms with Crippen molar-refractivity contribution in [3.8, 4) is 5.75 Å². The molecule has 1 aromatic carbocycles. The number of anilines is 1. The Morgan fingerprint density at radius 2 is 2.26 bits per heavy atom. The van der Waals surface area contributed by atoms with E-state index in [1.54, 1.807) is 18.2 Å². The van der Waals surface area contributed by atoms with Crippen LogP contribution in [0.3, 0.4) is 0 Å². The third-order valence-electron chi connectivity index (χ3n) is 3.40. The van der Waals surface area contributed by atoms with Crippen LogP contribution >= 0.6 is 0 Å². The van der Waals surface area contributed by atoms with Gasteiger partial charge in [-0.25, -0.2) is 4.79 Å². The number of carboxylic acids is 1. The van der Waals surface area contributed by atoms with Crippen LogP contribution in [0, 0.1) is 0 Å². The summed E-state index contributed by atoms with van der Waals surface area (Å²) in [4.78, 5) is 22.1. The summed E-state index contributed by atoms with van der Waals surface area (Å²) in [5.74, 6) is -0.201. The molecule has 1 aromatic rings. The number of hydrogen-bond acceptors (Lipinski definition) is 4. The van der Waals surface area contributed by atoms with E-state index < -0.39 is 5.97 Å². The third-order valence-corrected chi connectivity index (χ3v) is 3.40. The molecule has 7 heteroatoms. The van der Waals surface area contributed by atoms with E-state index in [0.29, 0.717) is 31.0 Å². The summed E-state index contributed by atoms with van der Waals surface area (Å²) in [7, 11) is 0. The van der Waals surface area contributed by atoms with Crippen LogP contribution in [0.5, 0.6) is 5.75 Å². The summed E-state index contributed by atoms with van der Waals surface area (Å²) >= 11 is 0. The van der Waals surface area contributed by atoms with Crippen molar-refractivity contribution in [1.82, 2.24) is 5.32 Å². The maximum absolute atomic E-state index is 11.7. The summed E-state index contributed by atoms with van der Waals surface area (Å²) < 4.78 is 11.2. The van der Waals surface area contributed by atoms with E-state index in [9.17, 15) is 9.59 Å². The lowest BCUT2D eigenvalue weighted by atomic mass is 10.2. The van der Waals surface area contributed by atoms with Crippen LogP contribution in [0.2, 0.25) is 0 Å². The highest BCUT2D eigenvalue weighted by molar-refractivity contribution is 5.89. The third kappa shape index (κ3) is 6.56. The number of carbonyl (C=O) groups excluding carboxylic acids is 1. The summed E-state index contributed by atoms with van der Waals surface area (Å²) in [6, 6.07) is 6.75.